The lowest BCUT2D eigenvalue weighted by Gasteiger charge is -2.10. The van der Waals surface area contributed by atoms with Gasteiger partial charge in [-0.3, -0.25) is 0 Å². The van der Waals surface area contributed by atoms with Crippen LogP contribution in [-0.4, -0.2) is 23.4 Å². The molecule has 0 radical (unpaired) electrons. The molecule has 0 fully saturated rings. The molecule has 0 unspecified atom stereocenters. The number of rotatable bonds is 4. The quantitative estimate of drug-likeness (QED) is 0.616. The number of nitriles is 1. The van der Waals surface area contributed by atoms with E-state index in [9.17, 15) is 23.3 Å². The Balaban J connectivity index is 3.36. The first-order valence-corrected chi connectivity index (χ1v) is 4.63. The average molecular weight is 277 g/mol. The van der Waals surface area contributed by atoms with Gasteiger partial charge in [-0.1, -0.05) is 0 Å². The Kier molecular flexibility index (Phi) is 4.11. The molecule has 1 aromatic heterocycles. The van der Waals surface area contributed by atoms with Crippen LogP contribution in [0.5, 0.6) is 11.5 Å². The summed E-state index contributed by atoms with van der Waals surface area (Å²) < 4.78 is 44.7. The molecule has 102 valence electrons. The van der Waals surface area contributed by atoms with E-state index in [2.05, 4.69) is 14.5 Å². The molecule has 0 aliphatic carbocycles. The fourth-order valence-electron chi connectivity index (χ4n) is 1.20. The molecule has 0 saturated heterocycles. The molecule has 10 heteroatoms. The summed E-state index contributed by atoms with van der Waals surface area (Å²) in [5.74, 6) is -2.09. The number of halogens is 3. The number of aromatic nitrogens is 1. The highest BCUT2D eigenvalue weighted by atomic mass is 19.4. The normalized spacial score (nSPS) is 10.7. The standard InChI is InChI=1S/C9H6F3N3O4/c1-18-7-4-6(19-9(10,11)12)5(2-3-13)14-8(7)15(16)17/h4H,2H2,1H3. The van der Waals surface area contributed by atoms with E-state index >= 15 is 0 Å². The van der Waals surface area contributed by atoms with E-state index in [0.29, 0.717) is 6.07 Å². The van der Waals surface area contributed by atoms with Crippen LogP contribution >= 0.6 is 0 Å². The van der Waals surface area contributed by atoms with Crippen LogP contribution in [0.3, 0.4) is 0 Å². The van der Waals surface area contributed by atoms with Crippen molar-refractivity contribution in [1.82, 2.24) is 4.98 Å². The van der Waals surface area contributed by atoms with Gasteiger partial charge in [-0.2, -0.15) is 5.26 Å². The Morgan fingerprint density at radius 1 is 1.53 bits per heavy atom. The first-order valence-electron chi connectivity index (χ1n) is 4.63. The van der Waals surface area contributed by atoms with Gasteiger partial charge in [0.15, 0.2) is 5.75 Å². The number of methoxy groups -OCH3 is 1. The number of nitro groups is 1. The van der Waals surface area contributed by atoms with E-state index in [0.717, 1.165) is 7.11 Å². The maximum atomic E-state index is 12.1. The minimum atomic E-state index is -5.01. The van der Waals surface area contributed by atoms with Crippen molar-refractivity contribution in [2.75, 3.05) is 7.11 Å². The molecule has 1 aromatic rings. The zero-order valence-corrected chi connectivity index (χ0v) is 9.39. The molecule has 0 aliphatic heterocycles. The molecule has 0 aromatic carbocycles. The Morgan fingerprint density at radius 3 is 2.58 bits per heavy atom. The van der Waals surface area contributed by atoms with Crippen LogP contribution in [0.4, 0.5) is 19.0 Å². The van der Waals surface area contributed by atoms with Crippen molar-refractivity contribution in [3.05, 3.63) is 21.9 Å². The fraction of sp³-hybridized carbons (Fsp3) is 0.333. The lowest BCUT2D eigenvalue weighted by Crippen LogP contribution is -2.19. The molecule has 0 amide bonds. The molecule has 0 N–H and O–H groups in total. The maximum absolute atomic E-state index is 12.1. The van der Waals surface area contributed by atoms with Crippen LogP contribution in [0.25, 0.3) is 0 Å². The summed E-state index contributed by atoms with van der Waals surface area (Å²) >= 11 is 0. The van der Waals surface area contributed by atoms with E-state index in [1.165, 1.54) is 0 Å². The van der Waals surface area contributed by atoms with E-state index in [1.54, 1.807) is 6.07 Å². The Hall–Kier alpha value is -2.57. The van der Waals surface area contributed by atoms with E-state index in [1.807, 2.05) is 0 Å². The summed E-state index contributed by atoms with van der Waals surface area (Å²) in [6, 6.07) is 2.21. The zero-order chi connectivity index (χ0) is 14.6. The monoisotopic (exact) mass is 277 g/mol. The Bertz CT molecular complexity index is 539. The van der Waals surface area contributed by atoms with E-state index in [4.69, 9.17) is 5.26 Å². The highest BCUT2D eigenvalue weighted by Crippen LogP contribution is 2.34. The van der Waals surface area contributed by atoms with Crippen LogP contribution in [-0.2, 0) is 6.42 Å². The predicted octanol–water partition coefficient (Wildman–Crippen LogP) is 1.96. The summed E-state index contributed by atoms with van der Waals surface area (Å²) in [6.45, 7) is 0. The maximum Gasteiger partial charge on any atom is 0.573 e. The van der Waals surface area contributed by atoms with Crippen molar-refractivity contribution in [2.45, 2.75) is 12.8 Å². The third kappa shape index (κ3) is 3.70. The molecular weight excluding hydrogens is 271 g/mol. The van der Waals surface area contributed by atoms with E-state index < -0.39 is 40.7 Å². The number of hydrogen-bond donors (Lipinski definition) is 0. The highest BCUT2D eigenvalue weighted by molar-refractivity contribution is 5.48. The lowest BCUT2D eigenvalue weighted by molar-refractivity contribution is -0.390. The second kappa shape index (κ2) is 5.38. The van der Waals surface area contributed by atoms with Gasteiger partial charge < -0.3 is 19.6 Å². The molecule has 7 nitrogen and oxygen atoms in total. The van der Waals surface area contributed by atoms with Crippen molar-refractivity contribution in [3.8, 4) is 17.6 Å². The van der Waals surface area contributed by atoms with Crippen molar-refractivity contribution >= 4 is 5.82 Å². The molecule has 1 rings (SSSR count). The summed E-state index contributed by atoms with van der Waals surface area (Å²) in [6.07, 6.45) is -5.58. The zero-order valence-electron chi connectivity index (χ0n) is 9.39. The molecule has 19 heavy (non-hydrogen) atoms. The minimum absolute atomic E-state index is 0.493. The van der Waals surface area contributed by atoms with Crippen LogP contribution in [0.2, 0.25) is 0 Å². The fourth-order valence-corrected chi connectivity index (χ4v) is 1.20. The first-order chi connectivity index (χ1) is 8.78. The molecule has 1 heterocycles. The molecular formula is C9H6F3N3O4. The van der Waals surface area contributed by atoms with Crippen LogP contribution in [0, 0.1) is 21.4 Å². The largest absolute Gasteiger partial charge is 0.573 e. The number of alkyl halides is 3. The van der Waals surface area contributed by atoms with Gasteiger partial charge in [0.2, 0.25) is 11.4 Å². The summed E-state index contributed by atoms with van der Waals surface area (Å²) in [7, 11) is 1.03. The van der Waals surface area contributed by atoms with Crippen molar-refractivity contribution in [2.24, 2.45) is 0 Å². The van der Waals surface area contributed by atoms with Crippen molar-refractivity contribution in [3.63, 3.8) is 0 Å². The lowest BCUT2D eigenvalue weighted by atomic mass is 10.2. The van der Waals surface area contributed by atoms with Gasteiger partial charge in [-0.25, -0.2) is 0 Å². The molecule has 0 saturated carbocycles. The predicted molar refractivity (Wildman–Crippen MR) is 53.4 cm³/mol. The molecule has 0 aliphatic rings. The topological polar surface area (TPSA) is 98.3 Å². The summed E-state index contributed by atoms with van der Waals surface area (Å²) in [5, 5.41) is 19.1. The Morgan fingerprint density at radius 2 is 2.16 bits per heavy atom. The summed E-state index contributed by atoms with van der Waals surface area (Å²) in [5.41, 5.74) is -0.493. The van der Waals surface area contributed by atoms with Crippen LogP contribution in [0.15, 0.2) is 6.07 Å². The third-order valence-corrected chi connectivity index (χ3v) is 1.87. The van der Waals surface area contributed by atoms with Crippen LogP contribution in [0.1, 0.15) is 5.69 Å². The smallest absolute Gasteiger partial charge is 0.489 e. The Labute approximate surface area is 104 Å². The molecule has 0 spiro atoms. The third-order valence-electron chi connectivity index (χ3n) is 1.87. The summed E-state index contributed by atoms with van der Waals surface area (Å²) in [4.78, 5) is 13.1. The van der Waals surface area contributed by atoms with Crippen molar-refractivity contribution < 1.29 is 27.6 Å². The van der Waals surface area contributed by atoms with Gasteiger partial charge in [0.1, 0.15) is 6.42 Å². The molecule has 0 atom stereocenters. The molecule has 0 bridgehead atoms. The van der Waals surface area contributed by atoms with Gasteiger partial charge in [-0.15, -0.1) is 13.2 Å². The van der Waals surface area contributed by atoms with E-state index in [-0.39, 0.29) is 0 Å². The van der Waals surface area contributed by atoms with Gasteiger partial charge in [0.25, 0.3) is 0 Å². The van der Waals surface area contributed by atoms with Gasteiger partial charge in [-0.05, 0) is 9.91 Å². The number of ether oxygens (including phenoxy) is 2. The van der Waals surface area contributed by atoms with Gasteiger partial charge >= 0.3 is 12.2 Å². The SMILES string of the molecule is COc1cc(OC(F)(F)F)c(CC#N)nc1[N+](=O)[O-]. The second-order valence-electron chi connectivity index (χ2n) is 3.10. The van der Waals surface area contributed by atoms with Crippen molar-refractivity contribution in [1.29, 1.82) is 5.26 Å². The number of pyridine rings is 1. The van der Waals surface area contributed by atoms with Gasteiger partial charge in [0.05, 0.1) is 13.2 Å². The number of nitrogens with zero attached hydrogens (tertiary/aromatic N) is 3. The first kappa shape index (κ1) is 14.5. The van der Waals surface area contributed by atoms with Crippen LogP contribution < -0.4 is 9.47 Å². The average Bonchev–Trinajstić information content (AvgIpc) is 2.28. The minimum Gasteiger partial charge on any atom is -0.489 e. The number of hydrogen-bond acceptors (Lipinski definition) is 6. The second-order valence-corrected chi connectivity index (χ2v) is 3.10. The highest BCUT2D eigenvalue weighted by Gasteiger charge is 2.35. The van der Waals surface area contributed by atoms with Gasteiger partial charge in [0, 0.05) is 6.07 Å².